The Balaban J connectivity index is 2.19. The summed E-state index contributed by atoms with van der Waals surface area (Å²) in [7, 11) is 0. The second-order valence-electron chi connectivity index (χ2n) is 4.84. The predicted octanol–water partition coefficient (Wildman–Crippen LogP) is 2.89. The number of aromatic nitrogens is 1. The molecule has 2 aromatic rings. The zero-order valence-corrected chi connectivity index (χ0v) is 12.7. The number of rotatable bonds is 5. The average molecular weight is 337 g/mol. The first kappa shape index (κ1) is 17.5. The molecule has 1 aromatic carbocycles. The third-order valence-corrected chi connectivity index (χ3v) is 3.03. The van der Waals surface area contributed by atoms with Crippen LogP contribution in [0, 0.1) is 17.5 Å². The number of amides is 2. The summed E-state index contributed by atoms with van der Waals surface area (Å²) in [5.41, 5.74) is -0.674. The van der Waals surface area contributed by atoms with E-state index in [0.29, 0.717) is 12.6 Å². The highest BCUT2D eigenvalue weighted by atomic mass is 19.2. The van der Waals surface area contributed by atoms with Crippen molar-refractivity contribution in [3.05, 3.63) is 59.2 Å². The normalized spacial score (nSPS) is 10.3. The number of pyridine rings is 1. The minimum atomic E-state index is -1.69. The van der Waals surface area contributed by atoms with Crippen LogP contribution in [0.5, 0.6) is 0 Å². The van der Waals surface area contributed by atoms with Gasteiger partial charge in [-0.25, -0.2) is 18.2 Å². The summed E-state index contributed by atoms with van der Waals surface area (Å²) in [5, 5.41) is 4.69. The second kappa shape index (κ2) is 7.58. The highest BCUT2D eigenvalue weighted by Crippen LogP contribution is 2.20. The fraction of sp³-hybridized carbons (Fsp3) is 0.188. The number of hydrogen-bond donors (Lipinski definition) is 2. The molecule has 0 bridgehead atoms. The lowest BCUT2D eigenvalue weighted by atomic mass is 10.2. The molecule has 0 saturated heterocycles. The number of carbonyl (C=O) groups is 2. The van der Waals surface area contributed by atoms with Gasteiger partial charge in [-0.15, -0.1) is 0 Å². The van der Waals surface area contributed by atoms with Crippen molar-refractivity contribution in [1.29, 1.82) is 0 Å². The molecule has 0 spiro atoms. The average Bonchev–Trinajstić information content (AvgIpc) is 2.60. The summed E-state index contributed by atoms with van der Waals surface area (Å²) in [6.07, 6.45) is 0.737. The van der Waals surface area contributed by atoms with E-state index in [1.54, 1.807) is 0 Å². The maximum absolute atomic E-state index is 13.6. The quantitative estimate of drug-likeness (QED) is 0.824. The zero-order valence-electron chi connectivity index (χ0n) is 12.7. The first-order chi connectivity index (χ1) is 11.4. The highest BCUT2D eigenvalue weighted by molar-refractivity contribution is 6.03. The van der Waals surface area contributed by atoms with Crippen LogP contribution in [0.3, 0.4) is 0 Å². The number of halogens is 3. The molecule has 8 heteroatoms. The van der Waals surface area contributed by atoms with Gasteiger partial charge in [0, 0.05) is 6.54 Å². The molecule has 2 rings (SSSR count). The predicted molar refractivity (Wildman–Crippen MR) is 81.1 cm³/mol. The van der Waals surface area contributed by atoms with Crippen molar-refractivity contribution in [1.82, 2.24) is 10.3 Å². The zero-order chi connectivity index (χ0) is 17.7. The molecular weight excluding hydrogens is 323 g/mol. The first-order valence-corrected chi connectivity index (χ1v) is 7.14. The monoisotopic (exact) mass is 337 g/mol. The molecule has 2 N–H and O–H groups in total. The molecule has 0 aliphatic carbocycles. The minimum Gasteiger partial charge on any atom is -0.351 e. The van der Waals surface area contributed by atoms with Gasteiger partial charge in [-0.2, -0.15) is 0 Å². The summed E-state index contributed by atoms with van der Waals surface area (Å²) in [5.74, 6) is -5.87. The van der Waals surface area contributed by atoms with E-state index in [1.165, 1.54) is 18.2 Å². The van der Waals surface area contributed by atoms with E-state index in [2.05, 4.69) is 15.6 Å². The van der Waals surface area contributed by atoms with Gasteiger partial charge in [-0.3, -0.25) is 9.59 Å². The summed E-state index contributed by atoms with van der Waals surface area (Å²) in [6, 6.07) is 5.74. The molecular formula is C16H14F3N3O2. The Morgan fingerprint density at radius 3 is 2.33 bits per heavy atom. The van der Waals surface area contributed by atoms with Crippen molar-refractivity contribution in [3.63, 3.8) is 0 Å². The van der Waals surface area contributed by atoms with Gasteiger partial charge >= 0.3 is 0 Å². The molecule has 126 valence electrons. The van der Waals surface area contributed by atoms with Crippen LogP contribution in [-0.2, 0) is 0 Å². The number of anilines is 1. The Bertz CT molecular complexity index is 781. The van der Waals surface area contributed by atoms with E-state index >= 15 is 0 Å². The van der Waals surface area contributed by atoms with Crippen LogP contribution in [0.4, 0.5) is 18.9 Å². The van der Waals surface area contributed by atoms with Crippen LogP contribution in [-0.4, -0.2) is 23.3 Å². The Hall–Kier alpha value is -2.90. The maximum Gasteiger partial charge on any atom is 0.274 e. The van der Waals surface area contributed by atoms with Gasteiger partial charge in [0.2, 0.25) is 0 Å². The first-order valence-electron chi connectivity index (χ1n) is 7.14. The molecule has 0 fully saturated rings. The SMILES string of the molecule is CCCNC(=O)c1cccc(C(=O)Nc2ccc(F)c(F)c2F)n1. The fourth-order valence-electron chi connectivity index (χ4n) is 1.83. The van der Waals surface area contributed by atoms with Gasteiger partial charge in [-0.1, -0.05) is 13.0 Å². The van der Waals surface area contributed by atoms with Crippen molar-refractivity contribution < 1.29 is 22.8 Å². The van der Waals surface area contributed by atoms with Gasteiger partial charge in [0.25, 0.3) is 11.8 Å². The molecule has 1 heterocycles. The largest absolute Gasteiger partial charge is 0.351 e. The van der Waals surface area contributed by atoms with E-state index in [4.69, 9.17) is 0 Å². The van der Waals surface area contributed by atoms with E-state index in [-0.39, 0.29) is 11.4 Å². The Morgan fingerprint density at radius 2 is 1.67 bits per heavy atom. The molecule has 0 aliphatic heterocycles. The Labute approximate surface area is 135 Å². The number of hydrogen-bond acceptors (Lipinski definition) is 3. The van der Waals surface area contributed by atoms with Crippen LogP contribution in [0.2, 0.25) is 0 Å². The van der Waals surface area contributed by atoms with E-state index < -0.39 is 35.0 Å². The Morgan fingerprint density at radius 1 is 1.00 bits per heavy atom. The molecule has 0 saturated carbocycles. The topological polar surface area (TPSA) is 71.1 Å². The second-order valence-corrected chi connectivity index (χ2v) is 4.84. The lowest BCUT2D eigenvalue weighted by Crippen LogP contribution is -2.26. The molecule has 24 heavy (non-hydrogen) atoms. The fourth-order valence-corrected chi connectivity index (χ4v) is 1.83. The molecule has 5 nitrogen and oxygen atoms in total. The van der Waals surface area contributed by atoms with Gasteiger partial charge in [0.05, 0.1) is 5.69 Å². The standard InChI is InChI=1S/C16H14F3N3O2/c1-2-8-20-15(23)11-4-3-5-12(21-11)16(24)22-10-7-6-9(17)13(18)14(10)19/h3-7H,2,8H2,1H3,(H,20,23)(H,22,24). The lowest BCUT2D eigenvalue weighted by molar-refractivity contribution is 0.0948. The number of nitrogens with one attached hydrogen (secondary N) is 2. The lowest BCUT2D eigenvalue weighted by Gasteiger charge is -2.08. The van der Waals surface area contributed by atoms with Crippen molar-refractivity contribution in [2.24, 2.45) is 0 Å². The summed E-state index contributed by atoms with van der Waals surface area (Å²) in [6.45, 7) is 2.34. The maximum atomic E-state index is 13.6. The van der Waals surface area contributed by atoms with Crippen molar-refractivity contribution in [2.45, 2.75) is 13.3 Å². The van der Waals surface area contributed by atoms with Crippen LogP contribution < -0.4 is 10.6 Å². The van der Waals surface area contributed by atoms with E-state index in [0.717, 1.165) is 12.5 Å². The van der Waals surface area contributed by atoms with Gasteiger partial charge in [0.15, 0.2) is 17.5 Å². The number of carbonyl (C=O) groups excluding carboxylic acids is 2. The van der Waals surface area contributed by atoms with Gasteiger partial charge < -0.3 is 10.6 Å². The smallest absolute Gasteiger partial charge is 0.274 e. The molecule has 1 aromatic heterocycles. The van der Waals surface area contributed by atoms with Crippen LogP contribution in [0.25, 0.3) is 0 Å². The summed E-state index contributed by atoms with van der Waals surface area (Å²) < 4.78 is 39.6. The van der Waals surface area contributed by atoms with Crippen LogP contribution >= 0.6 is 0 Å². The molecule has 0 aliphatic rings. The molecule has 0 atom stereocenters. The third-order valence-electron chi connectivity index (χ3n) is 3.03. The van der Waals surface area contributed by atoms with Gasteiger partial charge in [-0.05, 0) is 30.7 Å². The van der Waals surface area contributed by atoms with Crippen molar-refractivity contribution >= 4 is 17.5 Å². The number of benzene rings is 1. The third kappa shape index (κ3) is 3.89. The Kier molecular flexibility index (Phi) is 5.51. The van der Waals surface area contributed by atoms with Crippen molar-refractivity contribution in [2.75, 3.05) is 11.9 Å². The summed E-state index contributed by atoms with van der Waals surface area (Å²) in [4.78, 5) is 27.8. The van der Waals surface area contributed by atoms with E-state index in [9.17, 15) is 22.8 Å². The minimum absolute atomic E-state index is 0.0156. The van der Waals surface area contributed by atoms with E-state index in [1.807, 2.05) is 6.92 Å². The number of nitrogens with zero attached hydrogens (tertiary/aromatic N) is 1. The highest BCUT2D eigenvalue weighted by Gasteiger charge is 2.17. The molecule has 0 unspecified atom stereocenters. The van der Waals surface area contributed by atoms with Gasteiger partial charge in [0.1, 0.15) is 11.4 Å². The van der Waals surface area contributed by atoms with Crippen LogP contribution in [0.15, 0.2) is 30.3 Å². The summed E-state index contributed by atoms with van der Waals surface area (Å²) >= 11 is 0. The van der Waals surface area contributed by atoms with Crippen LogP contribution in [0.1, 0.15) is 34.3 Å². The van der Waals surface area contributed by atoms with Crippen molar-refractivity contribution in [3.8, 4) is 0 Å². The molecule has 2 amide bonds. The molecule has 0 radical (unpaired) electrons.